The smallest absolute Gasteiger partial charge is 0.346 e. The van der Waals surface area contributed by atoms with Gasteiger partial charge in [0.2, 0.25) is 0 Å². The molecular formula is C18H21N3O3. The minimum atomic E-state index is -0.947. The number of nitrogens with zero attached hydrogens (tertiary/aromatic N) is 3. The molecule has 0 amide bonds. The molecule has 126 valence electrons. The third-order valence-corrected chi connectivity index (χ3v) is 5.39. The number of carboxylic acid groups (broad SMARTS) is 1. The molecule has 0 radical (unpaired) electrons. The van der Waals surface area contributed by atoms with Crippen molar-refractivity contribution in [3.05, 3.63) is 51.7 Å². The molecule has 4 rings (SSSR count). The maximum atomic E-state index is 12.7. The summed E-state index contributed by atoms with van der Waals surface area (Å²) in [5.41, 5.74) is 2.14. The third kappa shape index (κ3) is 2.37. The fraction of sp³-hybridized carbons (Fsp3) is 0.500. The van der Waals surface area contributed by atoms with Crippen molar-refractivity contribution in [2.45, 2.75) is 57.0 Å². The zero-order chi connectivity index (χ0) is 16.9. The maximum Gasteiger partial charge on any atom is 0.346 e. The van der Waals surface area contributed by atoms with Crippen LogP contribution in [0.15, 0.2) is 29.1 Å². The number of hydrogen-bond donors (Lipinski definition) is 1. The molecule has 2 aromatic rings. The van der Waals surface area contributed by atoms with E-state index in [1.54, 1.807) is 0 Å². The van der Waals surface area contributed by atoms with Gasteiger partial charge in [-0.3, -0.25) is 4.57 Å². The summed E-state index contributed by atoms with van der Waals surface area (Å²) >= 11 is 0. The van der Waals surface area contributed by atoms with E-state index in [1.165, 1.54) is 20.4 Å². The van der Waals surface area contributed by atoms with Gasteiger partial charge in [-0.15, -0.1) is 0 Å². The van der Waals surface area contributed by atoms with E-state index in [2.05, 4.69) is 36.3 Å². The van der Waals surface area contributed by atoms with E-state index in [0.29, 0.717) is 25.2 Å². The van der Waals surface area contributed by atoms with Gasteiger partial charge in [-0.2, -0.15) is 5.10 Å². The van der Waals surface area contributed by atoms with Crippen LogP contribution >= 0.6 is 0 Å². The number of aryl methyl sites for hydroxylation is 2. The Bertz CT molecular complexity index is 843. The Morgan fingerprint density at radius 3 is 2.67 bits per heavy atom. The number of benzene rings is 1. The predicted octanol–water partition coefficient (Wildman–Crippen LogP) is 2.05. The van der Waals surface area contributed by atoms with E-state index in [0.717, 1.165) is 19.3 Å². The van der Waals surface area contributed by atoms with Gasteiger partial charge >= 0.3 is 11.7 Å². The molecule has 1 atom stereocenters. The Morgan fingerprint density at radius 2 is 2.04 bits per heavy atom. The fourth-order valence-electron chi connectivity index (χ4n) is 3.75. The van der Waals surface area contributed by atoms with Gasteiger partial charge < -0.3 is 5.11 Å². The highest BCUT2D eigenvalue weighted by Crippen LogP contribution is 2.49. The molecule has 1 fully saturated rings. The highest BCUT2D eigenvalue weighted by molar-refractivity contribution is 5.72. The fourth-order valence-corrected chi connectivity index (χ4v) is 3.75. The quantitative estimate of drug-likeness (QED) is 0.932. The molecule has 1 saturated carbocycles. The lowest BCUT2D eigenvalue weighted by Gasteiger charge is -2.19. The Morgan fingerprint density at radius 1 is 1.33 bits per heavy atom. The van der Waals surface area contributed by atoms with E-state index in [1.807, 2.05) is 0 Å². The molecule has 1 aliphatic carbocycles. The summed E-state index contributed by atoms with van der Waals surface area (Å²) in [6.45, 7) is 2.59. The largest absolute Gasteiger partial charge is 0.480 e. The third-order valence-electron chi connectivity index (χ3n) is 5.39. The van der Waals surface area contributed by atoms with Crippen LogP contribution in [0, 0.1) is 6.92 Å². The topological polar surface area (TPSA) is 77.1 Å². The molecule has 2 aliphatic rings. The Balaban J connectivity index is 1.68. The minimum Gasteiger partial charge on any atom is -0.480 e. The van der Waals surface area contributed by atoms with Gasteiger partial charge in [0.05, 0.1) is 6.54 Å². The molecule has 0 saturated heterocycles. The van der Waals surface area contributed by atoms with Crippen LogP contribution in [0.5, 0.6) is 0 Å². The number of carboxylic acids is 1. The summed E-state index contributed by atoms with van der Waals surface area (Å²) in [6.07, 6.45) is 4.00. The van der Waals surface area contributed by atoms with Crippen LogP contribution in [0.2, 0.25) is 0 Å². The van der Waals surface area contributed by atoms with Crippen LogP contribution in [-0.4, -0.2) is 25.4 Å². The van der Waals surface area contributed by atoms with E-state index in [9.17, 15) is 14.7 Å². The Labute approximate surface area is 139 Å². The summed E-state index contributed by atoms with van der Waals surface area (Å²) in [6, 6.07) is 7.67. The van der Waals surface area contributed by atoms with Crippen molar-refractivity contribution < 1.29 is 9.90 Å². The Kier molecular flexibility index (Phi) is 3.37. The van der Waals surface area contributed by atoms with Gasteiger partial charge in [0.25, 0.3) is 0 Å². The number of aromatic nitrogens is 3. The predicted molar refractivity (Wildman–Crippen MR) is 88.2 cm³/mol. The van der Waals surface area contributed by atoms with Crippen molar-refractivity contribution in [1.82, 2.24) is 14.3 Å². The van der Waals surface area contributed by atoms with Crippen LogP contribution in [0.1, 0.15) is 48.7 Å². The van der Waals surface area contributed by atoms with Gasteiger partial charge in [0.15, 0.2) is 0 Å². The molecule has 1 aromatic heterocycles. The molecule has 1 aliphatic heterocycles. The second-order valence-corrected chi connectivity index (χ2v) is 7.12. The number of rotatable bonds is 4. The standard InChI is InChI=1S/C18H21N3O3/c1-12-5-7-13(8-6-12)18(9-10-18)11-20-17(24)21-14(16(22)23)3-2-4-15(21)19-20/h5-8,14H,2-4,9-11H2,1H3,(H,22,23)/t14-/m0/s1. The molecule has 2 heterocycles. The molecule has 6 nitrogen and oxygen atoms in total. The summed E-state index contributed by atoms with van der Waals surface area (Å²) < 4.78 is 2.88. The number of hydrogen-bond acceptors (Lipinski definition) is 3. The van der Waals surface area contributed by atoms with Crippen LogP contribution in [-0.2, 0) is 23.2 Å². The average Bonchev–Trinajstić information content (AvgIpc) is 3.27. The molecule has 1 N–H and O–H groups in total. The average molecular weight is 327 g/mol. The highest BCUT2D eigenvalue weighted by atomic mass is 16.4. The summed E-state index contributed by atoms with van der Waals surface area (Å²) in [4.78, 5) is 24.2. The van der Waals surface area contributed by atoms with Crippen molar-refractivity contribution >= 4 is 5.97 Å². The van der Waals surface area contributed by atoms with Gasteiger partial charge in [0.1, 0.15) is 11.9 Å². The number of aliphatic carboxylic acids is 1. The minimum absolute atomic E-state index is 0.0270. The van der Waals surface area contributed by atoms with Gasteiger partial charge in [-0.25, -0.2) is 14.3 Å². The Hall–Kier alpha value is -2.37. The molecule has 24 heavy (non-hydrogen) atoms. The molecule has 0 bridgehead atoms. The number of carbonyl (C=O) groups is 1. The highest BCUT2D eigenvalue weighted by Gasteiger charge is 2.45. The monoisotopic (exact) mass is 327 g/mol. The van der Waals surface area contributed by atoms with E-state index in [4.69, 9.17) is 0 Å². The van der Waals surface area contributed by atoms with E-state index >= 15 is 0 Å². The second-order valence-electron chi connectivity index (χ2n) is 7.12. The molecule has 1 aromatic carbocycles. The van der Waals surface area contributed by atoms with E-state index in [-0.39, 0.29) is 11.1 Å². The van der Waals surface area contributed by atoms with E-state index < -0.39 is 12.0 Å². The van der Waals surface area contributed by atoms with Gasteiger partial charge in [0, 0.05) is 11.8 Å². The molecular weight excluding hydrogens is 306 g/mol. The van der Waals surface area contributed by atoms with Crippen molar-refractivity contribution in [2.24, 2.45) is 0 Å². The van der Waals surface area contributed by atoms with Crippen LogP contribution in [0.4, 0.5) is 0 Å². The first-order valence-electron chi connectivity index (χ1n) is 8.48. The van der Waals surface area contributed by atoms with Gasteiger partial charge in [-0.05, 0) is 38.2 Å². The second kappa shape index (κ2) is 5.33. The first kappa shape index (κ1) is 15.2. The lowest BCUT2D eigenvalue weighted by Crippen LogP contribution is -2.35. The van der Waals surface area contributed by atoms with Crippen molar-refractivity contribution in [3.8, 4) is 0 Å². The van der Waals surface area contributed by atoms with Crippen LogP contribution in [0.3, 0.4) is 0 Å². The maximum absolute atomic E-state index is 12.7. The summed E-state index contributed by atoms with van der Waals surface area (Å²) in [7, 11) is 0. The van der Waals surface area contributed by atoms with Crippen molar-refractivity contribution in [1.29, 1.82) is 0 Å². The molecule has 0 spiro atoms. The number of fused-ring (bicyclic) bond motifs is 1. The van der Waals surface area contributed by atoms with Crippen molar-refractivity contribution in [3.63, 3.8) is 0 Å². The zero-order valence-corrected chi connectivity index (χ0v) is 13.7. The zero-order valence-electron chi connectivity index (χ0n) is 13.7. The molecule has 0 unspecified atom stereocenters. The van der Waals surface area contributed by atoms with Crippen molar-refractivity contribution in [2.75, 3.05) is 0 Å². The SMILES string of the molecule is Cc1ccc(C2(Cn3nc4n(c3=O)[C@H](C(=O)O)CCC4)CC2)cc1. The lowest BCUT2D eigenvalue weighted by atomic mass is 9.95. The van der Waals surface area contributed by atoms with Crippen LogP contribution < -0.4 is 5.69 Å². The molecule has 6 heteroatoms. The lowest BCUT2D eigenvalue weighted by molar-refractivity contribution is -0.141. The first-order chi connectivity index (χ1) is 11.5. The van der Waals surface area contributed by atoms with Gasteiger partial charge in [-0.1, -0.05) is 29.8 Å². The van der Waals surface area contributed by atoms with Crippen LogP contribution in [0.25, 0.3) is 0 Å². The first-order valence-corrected chi connectivity index (χ1v) is 8.48. The summed E-state index contributed by atoms with van der Waals surface area (Å²) in [5, 5.41) is 13.8. The summed E-state index contributed by atoms with van der Waals surface area (Å²) in [5.74, 6) is -0.337. The normalized spacial score (nSPS) is 21.3.